The van der Waals surface area contributed by atoms with Gasteiger partial charge in [0.2, 0.25) is 0 Å². The molecule has 2 unspecified atom stereocenters. The molecule has 0 radical (unpaired) electrons. The summed E-state index contributed by atoms with van der Waals surface area (Å²) in [7, 11) is 0. The fourth-order valence-electron chi connectivity index (χ4n) is 3.72. The van der Waals surface area contributed by atoms with Gasteiger partial charge in [0.1, 0.15) is 5.75 Å². The lowest BCUT2D eigenvalue weighted by atomic mass is 9.99. The first-order chi connectivity index (χ1) is 16.2. The van der Waals surface area contributed by atoms with Crippen LogP contribution in [-0.2, 0) is 35.1 Å². The highest BCUT2D eigenvalue weighted by molar-refractivity contribution is 6.31. The van der Waals surface area contributed by atoms with Gasteiger partial charge in [-0.3, -0.25) is 4.79 Å². The van der Waals surface area contributed by atoms with Crippen LogP contribution in [0.15, 0.2) is 48.5 Å². The first kappa shape index (κ1) is 23.2. The van der Waals surface area contributed by atoms with Gasteiger partial charge in [0.25, 0.3) is 0 Å². The van der Waals surface area contributed by atoms with Crippen LogP contribution in [0.2, 0.25) is 0 Å². The molecule has 1 saturated heterocycles. The van der Waals surface area contributed by atoms with E-state index in [0.717, 1.165) is 5.06 Å². The zero-order valence-corrected chi connectivity index (χ0v) is 18.9. The number of hydroxylamine groups is 1. The third-order valence-electron chi connectivity index (χ3n) is 5.29. The van der Waals surface area contributed by atoms with Crippen molar-refractivity contribution in [2.45, 2.75) is 51.7 Å². The van der Waals surface area contributed by atoms with Crippen molar-refractivity contribution in [2.24, 2.45) is 0 Å². The predicted octanol–water partition coefficient (Wildman–Crippen LogP) is 2.26. The summed E-state index contributed by atoms with van der Waals surface area (Å²) in [6, 6.07) is 13.6. The zero-order valence-electron chi connectivity index (χ0n) is 18.9. The highest BCUT2D eigenvalue weighted by atomic mass is 16.7. The largest absolute Gasteiger partial charge is 0.475 e. The van der Waals surface area contributed by atoms with Gasteiger partial charge < -0.3 is 19.0 Å². The molecular formula is C24H24N2O8. The van der Waals surface area contributed by atoms with E-state index in [0.29, 0.717) is 23.3 Å². The van der Waals surface area contributed by atoms with E-state index in [9.17, 15) is 19.2 Å². The number of esters is 2. The number of fused-ring (bicyclic) bond motifs is 4. The molecule has 2 aromatic rings. The number of nitrogens with one attached hydrogen (secondary N) is 1. The highest BCUT2D eigenvalue weighted by Crippen LogP contribution is 2.37. The molecule has 178 valence electrons. The van der Waals surface area contributed by atoms with Crippen LogP contribution in [0.4, 0.5) is 5.69 Å². The quantitative estimate of drug-likeness (QED) is 0.371. The van der Waals surface area contributed by atoms with Gasteiger partial charge in [-0.15, -0.1) is 5.06 Å². The van der Waals surface area contributed by atoms with Crippen LogP contribution < -0.4 is 15.1 Å². The molecule has 1 fully saturated rings. The van der Waals surface area contributed by atoms with Crippen molar-refractivity contribution in [1.29, 1.82) is 0 Å². The van der Waals surface area contributed by atoms with E-state index in [4.69, 9.17) is 19.0 Å². The SMILES string of the molecule is CCC(NC(C)(C)OC(=O)c1ccccc1)Oc1cccc2c1CC1OC(=O)C(=O)ON2C1=O. The number of ether oxygens (including phenoxy) is 3. The van der Waals surface area contributed by atoms with Crippen molar-refractivity contribution in [3.63, 3.8) is 0 Å². The number of amides is 1. The lowest BCUT2D eigenvalue weighted by Gasteiger charge is -2.33. The second kappa shape index (κ2) is 9.14. The summed E-state index contributed by atoms with van der Waals surface area (Å²) >= 11 is 0. The van der Waals surface area contributed by atoms with Crippen molar-refractivity contribution < 1.29 is 38.2 Å². The smallest absolute Gasteiger partial charge is 0.442 e. The van der Waals surface area contributed by atoms with Crippen LogP contribution in [0.1, 0.15) is 43.1 Å². The number of carbonyl (C=O) groups excluding carboxylic acids is 4. The average Bonchev–Trinajstić information content (AvgIpc) is 2.87. The van der Waals surface area contributed by atoms with Crippen LogP contribution in [-0.4, -0.2) is 41.9 Å². The first-order valence-corrected chi connectivity index (χ1v) is 10.8. The van der Waals surface area contributed by atoms with E-state index in [2.05, 4.69) is 5.32 Å². The predicted molar refractivity (Wildman–Crippen MR) is 117 cm³/mol. The van der Waals surface area contributed by atoms with Crippen LogP contribution in [0.5, 0.6) is 5.75 Å². The lowest BCUT2D eigenvalue weighted by molar-refractivity contribution is -0.166. The molecule has 2 bridgehead atoms. The fraction of sp³-hybridized carbons (Fsp3) is 0.333. The summed E-state index contributed by atoms with van der Waals surface area (Å²) in [6.07, 6.45) is -1.25. The Labute approximate surface area is 195 Å². The molecule has 10 heteroatoms. The van der Waals surface area contributed by atoms with Crippen molar-refractivity contribution >= 4 is 29.5 Å². The van der Waals surface area contributed by atoms with Crippen molar-refractivity contribution in [2.75, 3.05) is 5.06 Å². The monoisotopic (exact) mass is 468 g/mol. The normalized spacial score (nSPS) is 18.3. The minimum Gasteiger partial charge on any atom is -0.475 e. The fourth-order valence-corrected chi connectivity index (χ4v) is 3.72. The van der Waals surface area contributed by atoms with Gasteiger partial charge in [-0.25, -0.2) is 19.7 Å². The molecule has 1 N–H and O–H groups in total. The van der Waals surface area contributed by atoms with Crippen LogP contribution in [0.25, 0.3) is 0 Å². The average molecular weight is 468 g/mol. The summed E-state index contributed by atoms with van der Waals surface area (Å²) in [5.74, 6) is -3.23. The maximum atomic E-state index is 12.5. The number of rotatable bonds is 7. The highest BCUT2D eigenvalue weighted by Gasteiger charge is 2.45. The van der Waals surface area contributed by atoms with Crippen molar-refractivity contribution in [3.8, 4) is 5.75 Å². The van der Waals surface area contributed by atoms with Crippen molar-refractivity contribution in [3.05, 3.63) is 59.7 Å². The Morgan fingerprint density at radius 1 is 1.12 bits per heavy atom. The molecule has 2 aliphatic rings. The molecule has 0 spiro atoms. The van der Waals surface area contributed by atoms with Gasteiger partial charge in [-0.1, -0.05) is 31.2 Å². The summed E-state index contributed by atoms with van der Waals surface area (Å²) < 4.78 is 16.8. The number of carbonyl (C=O) groups is 4. The van der Waals surface area contributed by atoms with Gasteiger partial charge in [0, 0.05) is 12.0 Å². The van der Waals surface area contributed by atoms with Crippen molar-refractivity contribution in [1.82, 2.24) is 5.32 Å². The van der Waals surface area contributed by atoms with E-state index < -0.39 is 41.9 Å². The first-order valence-electron chi connectivity index (χ1n) is 10.8. The van der Waals surface area contributed by atoms with E-state index in [1.807, 2.05) is 13.0 Å². The Bertz CT molecular complexity index is 1130. The Morgan fingerprint density at radius 3 is 2.56 bits per heavy atom. The number of hydrogen-bond acceptors (Lipinski definition) is 9. The van der Waals surface area contributed by atoms with E-state index in [-0.39, 0.29) is 12.1 Å². The minimum absolute atomic E-state index is 0.0199. The third-order valence-corrected chi connectivity index (χ3v) is 5.29. The lowest BCUT2D eigenvalue weighted by Crippen LogP contribution is -2.51. The second-order valence-corrected chi connectivity index (χ2v) is 8.29. The van der Waals surface area contributed by atoms with Gasteiger partial charge in [-0.05, 0) is 44.5 Å². The molecule has 0 aliphatic carbocycles. The number of hydrogen-bond donors (Lipinski definition) is 1. The van der Waals surface area contributed by atoms with Gasteiger partial charge in [0.15, 0.2) is 18.1 Å². The molecule has 4 rings (SSSR count). The topological polar surface area (TPSA) is 120 Å². The Hall–Kier alpha value is -3.92. The van der Waals surface area contributed by atoms with Gasteiger partial charge >= 0.3 is 23.8 Å². The summed E-state index contributed by atoms with van der Waals surface area (Å²) in [5.41, 5.74) is 0.180. The maximum Gasteiger partial charge on any atom is 0.442 e. The molecule has 2 aromatic carbocycles. The van der Waals surface area contributed by atoms with E-state index >= 15 is 0 Å². The standard InChI is InChI=1S/C24H24N2O8/c1-4-19(25-24(2,3)33-21(28)14-9-6-5-7-10-14)31-17-12-8-11-16-15(17)13-18-20(27)26(16)34-23(30)22(29)32-18/h5-12,18-19,25H,4,13H2,1-3H3. The van der Waals surface area contributed by atoms with Crippen LogP contribution >= 0.6 is 0 Å². The number of benzene rings is 2. The molecule has 10 nitrogen and oxygen atoms in total. The van der Waals surface area contributed by atoms with Crippen LogP contribution in [0, 0.1) is 0 Å². The summed E-state index contributed by atoms with van der Waals surface area (Å²) in [5, 5.41) is 3.94. The number of anilines is 1. The molecule has 0 saturated carbocycles. The molecule has 34 heavy (non-hydrogen) atoms. The molecule has 2 atom stereocenters. The molecule has 0 aromatic heterocycles. The summed E-state index contributed by atoms with van der Waals surface area (Å²) in [4.78, 5) is 53.5. The van der Waals surface area contributed by atoms with E-state index in [1.165, 1.54) is 0 Å². The Kier molecular flexibility index (Phi) is 6.25. The molecule has 2 aliphatic heterocycles. The van der Waals surface area contributed by atoms with E-state index in [1.54, 1.807) is 56.3 Å². The molecule has 1 amide bonds. The van der Waals surface area contributed by atoms with Gasteiger partial charge in [-0.2, -0.15) is 0 Å². The zero-order chi connectivity index (χ0) is 24.5. The Balaban J connectivity index is 1.52. The summed E-state index contributed by atoms with van der Waals surface area (Å²) in [6.45, 7) is 5.30. The van der Waals surface area contributed by atoms with Gasteiger partial charge in [0.05, 0.1) is 11.3 Å². The number of nitrogens with zero attached hydrogens (tertiary/aromatic N) is 1. The molecule has 2 heterocycles. The van der Waals surface area contributed by atoms with Crippen LogP contribution in [0.3, 0.4) is 0 Å². The second-order valence-electron chi connectivity index (χ2n) is 8.29. The maximum absolute atomic E-state index is 12.5. The third kappa shape index (κ3) is 4.72. The minimum atomic E-state index is -1.27. The molecular weight excluding hydrogens is 444 g/mol. The Morgan fingerprint density at radius 2 is 1.85 bits per heavy atom.